The Morgan fingerprint density at radius 2 is 1.91 bits per heavy atom. The molecule has 1 N–H and O–H groups in total. The van der Waals surface area contributed by atoms with Gasteiger partial charge in [-0.1, -0.05) is 30.4 Å². The Hall–Kier alpha value is -2.00. The largest absolute Gasteiger partial charge is 0.489 e. The predicted octanol–water partition coefficient (Wildman–Crippen LogP) is 4.19. The zero-order chi connectivity index (χ0) is 17.1. The first-order valence-corrected chi connectivity index (χ1v) is 8.19. The number of rotatable bonds is 10. The highest BCUT2D eigenvalue weighted by atomic mass is 16.5. The number of benzene rings is 1. The van der Waals surface area contributed by atoms with Crippen molar-refractivity contribution in [2.75, 3.05) is 38.2 Å². The molecule has 3 heteroatoms. The Bertz CT molecular complexity index is 529. The highest BCUT2D eigenvalue weighted by Gasteiger charge is 2.03. The average Bonchev–Trinajstić information content (AvgIpc) is 2.59. The van der Waals surface area contributed by atoms with Gasteiger partial charge in [0.15, 0.2) is 0 Å². The molecule has 0 amide bonds. The first-order chi connectivity index (χ1) is 11.1. The van der Waals surface area contributed by atoms with Crippen LogP contribution in [0.25, 0.3) is 0 Å². The molecule has 0 radical (unpaired) electrons. The zero-order valence-electron chi connectivity index (χ0n) is 14.9. The Morgan fingerprint density at radius 3 is 2.48 bits per heavy atom. The van der Waals surface area contributed by atoms with Crippen molar-refractivity contribution in [3.8, 4) is 5.75 Å². The molecule has 0 unspecified atom stereocenters. The summed E-state index contributed by atoms with van der Waals surface area (Å²) in [4.78, 5) is 2.34. The highest BCUT2D eigenvalue weighted by molar-refractivity contribution is 5.49. The fourth-order valence-electron chi connectivity index (χ4n) is 2.06. The number of ether oxygens (including phenoxy) is 1. The minimum atomic E-state index is 0.595. The van der Waals surface area contributed by atoms with E-state index in [1.165, 1.54) is 11.3 Å². The van der Waals surface area contributed by atoms with E-state index in [-0.39, 0.29) is 0 Å². The van der Waals surface area contributed by atoms with E-state index in [0.29, 0.717) is 6.61 Å². The van der Waals surface area contributed by atoms with Crippen molar-refractivity contribution < 1.29 is 4.74 Å². The van der Waals surface area contributed by atoms with Crippen molar-refractivity contribution >= 4 is 5.69 Å². The van der Waals surface area contributed by atoms with E-state index in [4.69, 9.17) is 4.74 Å². The monoisotopic (exact) mass is 314 g/mol. The third-order valence-corrected chi connectivity index (χ3v) is 3.63. The van der Waals surface area contributed by atoms with E-state index in [9.17, 15) is 0 Å². The summed E-state index contributed by atoms with van der Waals surface area (Å²) in [7, 11) is 1.98. The number of hydrogen-bond acceptors (Lipinski definition) is 3. The van der Waals surface area contributed by atoms with Gasteiger partial charge in [-0.3, -0.25) is 0 Å². The number of nitrogens with one attached hydrogen (secondary N) is 1. The fraction of sp³-hybridized carbons (Fsp3) is 0.400. The van der Waals surface area contributed by atoms with E-state index in [2.05, 4.69) is 54.9 Å². The van der Waals surface area contributed by atoms with E-state index >= 15 is 0 Å². The second-order valence-electron chi connectivity index (χ2n) is 5.59. The first-order valence-electron chi connectivity index (χ1n) is 8.19. The van der Waals surface area contributed by atoms with Crippen LogP contribution in [0.4, 0.5) is 5.69 Å². The zero-order valence-corrected chi connectivity index (χ0v) is 14.9. The first kappa shape index (κ1) is 19.0. The average molecular weight is 314 g/mol. The second kappa shape index (κ2) is 10.7. The maximum atomic E-state index is 5.83. The van der Waals surface area contributed by atoms with Crippen LogP contribution in [0.1, 0.15) is 20.8 Å². The SMILES string of the molecule is C=C/C(C)=C/C=C(\C)COc1ccc(N(CC)CCNC)cc1. The van der Waals surface area contributed by atoms with Gasteiger partial charge < -0.3 is 15.0 Å². The molecule has 1 rings (SSSR count). The van der Waals surface area contributed by atoms with E-state index in [0.717, 1.165) is 31.0 Å². The second-order valence-corrected chi connectivity index (χ2v) is 5.59. The summed E-state index contributed by atoms with van der Waals surface area (Å²) in [6, 6.07) is 8.32. The molecule has 0 aliphatic heterocycles. The van der Waals surface area contributed by atoms with Crippen molar-refractivity contribution in [1.82, 2.24) is 5.32 Å². The van der Waals surface area contributed by atoms with Gasteiger partial charge in [-0.2, -0.15) is 0 Å². The maximum absolute atomic E-state index is 5.83. The predicted molar refractivity (Wildman–Crippen MR) is 101 cm³/mol. The summed E-state index contributed by atoms with van der Waals surface area (Å²) in [6.07, 6.45) is 5.97. The van der Waals surface area contributed by atoms with Crippen LogP contribution < -0.4 is 15.0 Å². The molecule has 0 bridgehead atoms. The topological polar surface area (TPSA) is 24.5 Å². The van der Waals surface area contributed by atoms with Gasteiger partial charge in [0.25, 0.3) is 0 Å². The van der Waals surface area contributed by atoms with Crippen LogP contribution in [0.5, 0.6) is 5.75 Å². The molecule has 0 saturated carbocycles. The van der Waals surface area contributed by atoms with Gasteiger partial charge in [0.05, 0.1) is 0 Å². The smallest absolute Gasteiger partial charge is 0.119 e. The summed E-state index contributed by atoms with van der Waals surface area (Å²) in [6.45, 7) is 13.6. The molecular weight excluding hydrogens is 284 g/mol. The lowest BCUT2D eigenvalue weighted by molar-refractivity contribution is 0.352. The van der Waals surface area contributed by atoms with Crippen LogP contribution in [-0.2, 0) is 0 Å². The van der Waals surface area contributed by atoms with Crippen molar-refractivity contribution in [2.45, 2.75) is 20.8 Å². The summed E-state index contributed by atoms with van der Waals surface area (Å²) in [5, 5.41) is 3.19. The molecule has 1 aromatic carbocycles. The van der Waals surface area contributed by atoms with Crippen LogP contribution in [0.3, 0.4) is 0 Å². The van der Waals surface area contributed by atoms with E-state index in [1.54, 1.807) is 0 Å². The number of anilines is 1. The van der Waals surface area contributed by atoms with Crippen molar-refractivity contribution in [3.63, 3.8) is 0 Å². The molecular formula is C20H30N2O. The molecule has 0 aromatic heterocycles. The number of hydrogen-bond donors (Lipinski definition) is 1. The highest BCUT2D eigenvalue weighted by Crippen LogP contribution is 2.19. The van der Waals surface area contributed by atoms with Gasteiger partial charge in [0.1, 0.15) is 12.4 Å². The van der Waals surface area contributed by atoms with Crippen LogP contribution in [-0.4, -0.2) is 33.3 Å². The number of nitrogens with zero attached hydrogens (tertiary/aromatic N) is 1. The van der Waals surface area contributed by atoms with Gasteiger partial charge in [-0.25, -0.2) is 0 Å². The lowest BCUT2D eigenvalue weighted by Crippen LogP contribution is -2.30. The molecule has 0 spiro atoms. The summed E-state index contributed by atoms with van der Waals surface area (Å²) >= 11 is 0. The van der Waals surface area contributed by atoms with Gasteiger partial charge in [-0.15, -0.1) is 0 Å². The molecule has 1 aromatic rings. The Labute approximate surface area is 141 Å². The molecule has 0 saturated heterocycles. The standard InChI is InChI=1S/C20H30N2O/c1-6-17(3)8-9-18(4)16-23-20-12-10-19(11-13-20)22(7-2)15-14-21-5/h6,8-13,21H,1,7,14-16H2,2-5H3/b17-8+,18-9+. The number of likely N-dealkylation sites (N-methyl/N-ethyl adjacent to an activating group) is 2. The van der Waals surface area contributed by atoms with Gasteiger partial charge in [-0.05, 0) is 57.7 Å². The lowest BCUT2D eigenvalue weighted by Gasteiger charge is -2.23. The number of allylic oxidation sites excluding steroid dienone is 4. The summed E-state index contributed by atoms with van der Waals surface area (Å²) in [5.74, 6) is 0.899. The molecule has 23 heavy (non-hydrogen) atoms. The molecule has 0 fully saturated rings. The third-order valence-electron chi connectivity index (χ3n) is 3.63. The molecule has 0 aliphatic rings. The fourth-order valence-corrected chi connectivity index (χ4v) is 2.06. The minimum Gasteiger partial charge on any atom is -0.489 e. The molecule has 0 aliphatic carbocycles. The molecule has 3 nitrogen and oxygen atoms in total. The van der Waals surface area contributed by atoms with Gasteiger partial charge in [0, 0.05) is 25.3 Å². The molecule has 126 valence electrons. The Morgan fingerprint density at radius 1 is 1.22 bits per heavy atom. The van der Waals surface area contributed by atoms with E-state index in [1.807, 2.05) is 32.2 Å². The molecule has 0 atom stereocenters. The van der Waals surface area contributed by atoms with Crippen molar-refractivity contribution in [3.05, 3.63) is 60.2 Å². The van der Waals surface area contributed by atoms with E-state index < -0.39 is 0 Å². The van der Waals surface area contributed by atoms with Crippen molar-refractivity contribution in [2.24, 2.45) is 0 Å². The summed E-state index contributed by atoms with van der Waals surface area (Å²) in [5.41, 5.74) is 3.56. The minimum absolute atomic E-state index is 0.595. The Balaban J connectivity index is 2.58. The normalized spacial score (nSPS) is 12.2. The quantitative estimate of drug-likeness (QED) is 0.655. The van der Waals surface area contributed by atoms with Crippen LogP contribution >= 0.6 is 0 Å². The summed E-state index contributed by atoms with van der Waals surface area (Å²) < 4.78 is 5.83. The Kier molecular flexibility index (Phi) is 8.85. The maximum Gasteiger partial charge on any atom is 0.119 e. The lowest BCUT2D eigenvalue weighted by atomic mass is 10.2. The van der Waals surface area contributed by atoms with Gasteiger partial charge in [0.2, 0.25) is 0 Å². The van der Waals surface area contributed by atoms with Crippen molar-refractivity contribution in [1.29, 1.82) is 0 Å². The molecule has 0 heterocycles. The van der Waals surface area contributed by atoms with Gasteiger partial charge >= 0.3 is 0 Å². The third kappa shape index (κ3) is 7.20. The van der Waals surface area contributed by atoms with Crippen LogP contribution in [0.15, 0.2) is 60.2 Å². The van der Waals surface area contributed by atoms with Crippen LogP contribution in [0.2, 0.25) is 0 Å². The van der Waals surface area contributed by atoms with Crippen LogP contribution in [0, 0.1) is 0 Å².